The van der Waals surface area contributed by atoms with Gasteiger partial charge in [0.25, 0.3) is 0 Å². The van der Waals surface area contributed by atoms with Crippen molar-refractivity contribution in [2.75, 3.05) is 11.5 Å². The average Bonchev–Trinajstić information content (AvgIpc) is 2.68. The van der Waals surface area contributed by atoms with Gasteiger partial charge in [-0.05, 0) is 71.8 Å². The molecule has 2 heteroatoms. The number of anilines is 3. The number of hydrogen-bond acceptors (Lipinski definition) is 2. The molecule has 0 saturated carbocycles. The number of benzene rings is 3. The van der Waals surface area contributed by atoms with Gasteiger partial charge in [0, 0.05) is 17.1 Å². The molecule has 0 bridgehead atoms. The van der Waals surface area contributed by atoms with Crippen molar-refractivity contribution in [3.63, 3.8) is 0 Å². The van der Waals surface area contributed by atoms with Crippen LogP contribution in [0.4, 0.5) is 17.1 Å². The number of hydrogen-bond donors (Lipinski definition) is 0. The van der Waals surface area contributed by atoms with Crippen molar-refractivity contribution in [3.8, 4) is 5.75 Å². The van der Waals surface area contributed by atoms with Crippen LogP contribution in [0.2, 0.25) is 0 Å². The van der Waals surface area contributed by atoms with Gasteiger partial charge in [0.2, 0.25) is 0 Å². The second-order valence-corrected chi connectivity index (χ2v) is 10.3. The van der Waals surface area contributed by atoms with Gasteiger partial charge in [-0.3, -0.25) is 0 Å². The van der Waals surface area contributed by atoms with E-state index in [9.17, 15) is 0 Å². The highest BCUT2D eigenvalue weighted by Gasteiger charge is 2.17. The maximum atomic E-state index is 5.97. The Morgan fingerprint density at radius 3 is 1.50 bits per heavy atom. The molecule has 30 heavy (non-hydrogen) atoms. The SMILES string of the molecule is Cc1ccc(N(c2ccc(OCC(C)(C)C)cc2)c2ccc(C(C)(C)C)cc2)cc1. The van der Waals surface area contributed by atoms with Crippen LogP contribution in [-0.4, -0.2) is 6.61 Å². The molecule has 0 saturated heterocycles. The van der Waals surface area contributed by atoms with E-state index in [4.69, 9.17) is 4.74 Å². The largest absolute Gasteiger partial charge is 0.493 e. The lowest BCUT2D eigenvalue weighted by molar-refractivity contribution is 0.198. The summed E-state index contributed by atoms with van der Waals surface area (Å²) in [6.45, 7) is 16.1. The standard InChI is InChI=1S/C28H35NO/c1-21-8-12-23(13-9-21)29(24-14-10-22(11-15-24)28(5,6)7)25-16-18-26(19-17-25)30-20-27(2,3)4/h8-19H,20H2,1-7H3. The first-order valence-electron chi connectivity index (χ1n) is 10.7. The van der Waals surface area contributed by atoms with Gasteiger partial charge >= 0.3 is 0 Å². The molecule has 0 spiro atoms. The normalized spacial score (nSPS) is 12.0. The highest BCUT2D eigenvalue weighted by molar-refractivity contribution is 5.76. The van der Waals surface area contributed by atoms with Gasteiger partial charge in [-0.1, -0.05) is 71.4 Å². The molecule has 0 aliphatic carbocycles. The minimum atomic E-state index is 0.138. The minimum absolute atomic E-state index is 0.138. The van der Waals surface area contributed by atoms with Gasteiger partial charge in [-0.25, -0.2) is 0 Å². The summed E-state index contributed by atoms with van der Waals surface area (Å²) in [7, 11) is 0. The first-order valence-corrected chi connectivity index (χ1v) is 10.7. The van der Waals surface area contributed by atoms with E-state index >= 15 is 0 Å². The molecule has 3 rings (SSSR count). The lowest BCUT2D eigenvalue weighted by Crippen LogP contribution is -2.17. The zero-order valence-corrected chi connectivity index (χ0v) is 19.5. The molecule has 0 unspecified atom stereocenters. The predicted octanol–water partition coefficient (Wildman–Crippen LogP) is 8.19. The van der Waals surface area contributed by atoms with Crippen molar-refractivity contribution in [1.82, 2.24) is 0 Å². The van der Waals surface area contributed by atoms with E-state index in [0.717, 1.165) is 22.8 Å². The van der Waals surface area contributed by atoms with Crippen LogP contribution in [0.5, 0.6) is 5.75 Å². The fraction of sp³-hybridized carbons (Fsp3) is 0.357. The number of nitrogens with zero attached hydrogens (tertiary/aromatic N) is 1. The molecule has 0 N–H and O–H groups in total. The fourth-order valence-corrected chi connectivity index (χ4v) is 3.24. The lowest BCUT2D eigenvalue weighted by atomic mass is 9.87. The molecule has 0 aliphatic rings. The molecule has 0 fully saturated rings. The monoisotopic (exact) mass is 401 g/mol. The molecule has 158 valence electrons. The van der Waals surface area contributed by atoms with Gasteiger partial charge < -0.3 is 9.64 Å². The van der Waals surface area contributed by atoms with Crippen molar-refractivity contribution in [2.24, 2.45) is 5.41 Å². The third-order valence-electron chi connectivity index (χ3n) is 5.05. The van der Waals surface area contributed by atoms with Crippen LogP contribution in [0.3, 0.4) is 0 Å². The summed E-state index contributed by atoms with van der Waals surface area (Å²) in [5.74, 6) is 0.903. The van der Waals surface area contributed by atoms with Crippen molar-refractivity contribution in [2.45, 2.75) is 53.9 Å². The van der Waals surface area contributed by atoms with Gasteiger partial charge in [0.1, 0.15) is 5.75 Å². The van der Waals surface area contributed by atoms with Gasteiger partial charge in [-0.2, -0.15) is 0 Å². The third-order valence-corrected chi connectivity index (χ3v) is 5.05. The summed E-state index contributed by atoms with van der Waals surface area (Å²) in [6.07, 6.45) is 0. The Kier molecular flexibility index (Phi) is 6.26. The Morgan fingerprint density at radius 2 is 1.07 bits per heavy atom. The molecule has 0 heterocycles. The van der Waals surface area contributed by atoms with Gasteiger partial charge in [0.15, 0.2) is 0 Å². The van der Waals surface area contributed by atoms with E-state index in [1.165, 1.54) is 11.1 Å². The summed E-state index contributed by atoms with van der Waals surface area (Å²) >= 11 is 0. The smallest absolute Gasteiger partial charge is 0.119 e. The average molecular weight is 402 g/mol. The Bertz CT molecular complexity index is 940. The molecule has 2 nitrogen and oxygen atoms in total. The third kappa shape index (κ3) is 5.66. The number of rotatable bonds is 5. The molecule has 0 aromatic heterocycles. The van der Waals surface area contributed by atoms with Crippen LogP contribution in [0.25, 0.3) is 0 Å². The van der Waals surface area contributed by atoms with E-state index in [1.54, 1.807) is 0 Å². The van der Waals surface area contributed by atoms with Crippen LogP contribution >= 0.6 is 0 Å². The van der Waals surface area contributed by atoms with Crippen LogP contribution in [0.15, 0.2) is 72.8 Å². The Hall–Kier alpha value is -2.74. The molecule has 0 amide bonds. The predicted molar refractivity (Wildman–Crippen MR) is 130 cm³/mol. The van der Waals surface area contributed by atoms with Crippen LogP contribution in [0, 0.1) is 12.3 Å². The molecular weight excluding hydrogens is 366 g/mol. The van der Waals surface area contributed by atoms with Crippen molar-refractivity contribution >= 4 is 17.1 Å². The van der Waals surface area contributed by atoms with E-state index in [2.05, 4.69) is 126 Å². The Balaban J connectivity index is 1.95. The highest BCUT2D eigenvalue weighted by Crippen LogP contribution is 2.36. The summed E-state index contributed by atoms with van der Waals surface area (Å²) < 4.78 is 5.97. The van der Waals surface area contributed by atoms with E-state index in [-0.39, 0.29) is 10.8 Å². The molecule has 0 atom stereocenters. The van der Waals surface area contributed by atoms with Crippen molar-refractivity contribution in [3.05, 3.63) is 83.9 Å². The summed E-state index contributed by atoms with van der Waals surface area (Å²) in [6, 6.07) is 26.0. The Labute approximate surface area is 182 Å². The molecule has 3 aromatic carbocycles. The number of aryl methyl sites for hydroxylation is 1. The summed E-state index contributed by atoms with van der Waals surface area (Å²) in [5.41, 5.74) is 6.28. The zero-order chi connectivity index (χ0) is 21.9. The van der Waals surface area contributed by atoms with Crippen LogP contribution in [0.1, 0.15) is 52.7 Å². The van der Waals surface area contributed by atoms with Gasteiger partial charge in [-0.15, -0.1) is 0 Å². The van der Waals surface area contributed by atoms with Crippen LogP contribution in [-0.2, 0) is 5.41 Å². The van der Waals surface area contributed by atoms with E-state index in [0.29, 0.717) is 6.61 Å². The lowest BCUT2D eigenvalue weighted by Gasteiger charge is -2.27. The molecular formula is C28H35NO. The summed E-state index contributed by atoms with van der Waals surface area (Å²) in [5, 5.41) is 0. The second kappa shape index (κ2) is 8.55. The number of ether oxygens (including phenoxy) is 1. The second-order valence-electron chi connectivity index (χ2n) is 10.3. The van der Waals surface area contributed by atoms with Crippen LogP contribution < -0.4 is 9.64 Å². The summed E-state index contributed by atoms with van der Waals surface area (Å²) in [4.78, 5) is 2.29. The molecule has 0 aliphatic heterocycles. The maximum Gasteiger partial charge on any atom is 0.119 e. The fourth-order valence-electron chi connectivity index (χ4n) is 3.24. The topological polar surface area (TPSA) is 12.5 Å². The van der Waals surface area contributed by atoms with Crippen molar-refractivity contribution in [1.29, 1.82) is 0 Å². The Morgan fingerprint density at radius 1 is 0.633 bits per heavy atom. The maximum absolute atomic E-state index is 5.97. The highest BCUT2D eigenvalue weighted by atomic mass is 16.5. The first-order chi connectivity index (χ1) is 14.0. The van der Waals surface area contributed by atoms with Gasteiger partial charge in [0.05, 0.1) is 6.61 Å². The molecule has 3 aromatic rings. The first kappa shape index (κ1) is 22.0. The van der Waals surface area contributed by atoms with E-state index < -0.39 is 0 Å². The molecule has 0 radical (unpaired) electrons. The van der Waals surface area contributed by atoms with Crippen molar-refractivity contribution < 1.29 is 4.74 Å². The zero-order valence-electron chi connectivity index (χ0n) is 19.5. The van der Waals surface area contributed by atoms with E-state index in [1.807, 2.05) is 0 Å². The quantitative estimate of drug-likeness (QED) is 0.427. The minimum Gasteiger partial charge on any atom is -0.493 e.